The fourth-order valence-corrected chi connectivity index (χ4v) is 1.72. The molecule has 84 valence electrons. The van der Waals surface area contributed by atoms with Crippen LogP contribution in [0, 0.1) is 20.8 Å². The summed E-state index contributed by atoms with van der Waals surface area (Å²) in [7, 11) is 0. The lowest BCUT2D eigenvalue weighted by Gasteiger charge is -2.12. The molecule has 0 amide bonds. The minimum absolute atomic E-state index is 0.204. The number of hydrogen-bond acceptors (Lipinski definition) is 3. The predicted molar refractivity (Wildman–Crippen MR) is 56.0 cm³/mol. The lowest BCUT2D eigenvalue weighted by atomic mass is 9.98. The SMILES string of the molecule is Cc1nc(SC[B-](F)(F)F)nc(C)c1C. The molecule has 1 aromatic heterocycles. The number of rotatable bonds is 3. The van der Waals surface area contributed by atoms with Gasteiger partial charge in [0.05, 0.1) is 0 Å². The monoisotopic (exact) mass is 235 g/mol. The number of aromatic nitrogens is 2. The third kappa shape index (κ3) is 3.73. The Bertz CT molecular complexity index is 344. The van der Waals surface area contributed by atoms with Gasteiger partial charge in [-0.05, 0) is 32.0 Å². The normalized spacial score (nSPS) is 11.9. The van der Waals surface area contributed by atoms with Crippen LogP contribution in [0.2, 0.25) is 0 Å². The Labute approximate surface area is 90.8 Å². The average molecular weight is 235 g/mol. The van der Waals surface area contributed by atoms with Gasteiger partial charge in [0.25, 0.3) is 0 Å². The highest BCUT2D eigenvalue weighted by Gasteiger charge is 2.23. The quantitative estimate of drug-likeness (QED) is 0.457. The van der Waals surface area contributed by atoms with Gasteiger partial charge >= 0.3 is 6.98 Å². The highest BCUT2D eigenvalue weighted by molar-refractivity contribution is 8.00. The second kappa shape index (κ2) is 4.43. The van der Waals surface area contributed by atoms with Crippen LogP contribution in [0.25, 0.3) is 0 Å². The second-order valence-corrected chi connectivity index (χ2v) is 4.31. The zero-order valence-corrected chi connectivity index (χ0v) is 9.54. The fraction of sp³-hybridized carbons (Fsp3) is 0.500. The van der Waals surface area contributed by atoms with Crippen LogP contribution in [0.4, 0.5) is 12.9 Å². The van der Waals surface area contributed by atoms with E-state index in [0.717, 1.165) is 17.0 Å². The van der Waals surface area contributed by atoms with Crippen LogP contribution in [-0.4, -0.2) is 22.6 Å². The van der Waals surface area contributed by atoms with Crippen molar-refractivity contribution in [3.63, 3.8) is 0 Å². The van der Waals surface area contributed by atoms with Gasteiger partial charge in [-0.3, -0.25) is 0 Å². The van der Waals surface area contributed by atoms with E-state index in [1.54, 1.807) is 13.8 Å². The van der Waals surface area contributed by atoms with Crippen LogP contribution >= 0.6 is 11.8 Å². The summed E-state index contributed by atoms with van der Waals surface area (Å²) in [6.07, 6.45) is 0. The predicted octanol–water partition coefficient (Wildman–Crippen LogP) is 2.88. The lowest BCUT2D eigenvalue weighted by Crippen LogP contribution is -2.19. The van der Waals surface area contributed by atoms with Crippen molar-refractivity contribution in [2.75, 3.05) is 5.65 Å². The average Bonchev–Trinajstić information content (AvgIpc) is 2.09. The van der Waals surface area contributed by atoms with Crippen molar-refractivity contribution in [3.8, 4) is 0 Å². The Kier molecular flexibility index (Phi) is 3.65. The first kappa shape index (κ1) is 12.4. The van der Waals surface area contributed by atoms with Crippen molar-refractivity contribution in [2.24, 2.45) is 0 Å². The number of halogens is 3. The van der Waals surface area contributed by atoms with Crippen LogP contribution in [0.1, 0.15) is 17.0 Å². The van der Waals surface area contributed by atoms with Crippen molar-refractivity contribution >= 4 is 18.7 Å². The van der Waals surface area contributed by atoms with Crippen LogP contribution < -0.4 is 0 Å². The molecule has 2 nitrogen and oxygen atoms in total. The van der Waals surface area contributed by atoms with E-state index in [-0.39, 0.29) is 5.16 Å². The van der Waals surface area contributed by atoms with Crippen molar-refractivity contribution < 1.29 is 12.9 Å². The molecule has 7 heteroatoms. The van der Waals surface area contributed by atoms with Gasteiger partial charge in [0.1, 0.15) is 0 Å². The molecule has 0 spiro atoms. The van der Waals surface area contributed by atoms with Crippen molar-refractivity contribution in [1.29, 1.82) is 0 Å². The van der Waals surface area contributed by atoms with Crippen LogP contribution in [0.15, 0.2) is 5.16 Å². The molecule has 1 rings (SSSR count). The summed E-state index contributed by atoms with van der Waals surface area (Å²) in [5.41, 5.74) is 1.51. The number of aryl methyl sites for hydroxylation is 2. The maximum Gasteiger partial charge on any atom is 0.488 e. The van der Waals surface area contributed by atoms with Gasteiger partial charge < -0.3 is 12.9 Å². The molecule has 0 aromatic carbocycles. The van der Waals surface area contributed by atoms with E-state index in [0.29, 0.717) is 11.8 Å². The minimum Gasteiger partial charge on any atom is -0.448 e. The van der Waals surface area contributed by atoms with Gasteiger partial charge in [-0.1, -0.05) is 0 Å². The van der Waals surface area contributed by atoms with Crippen LogP contribution in [0.3, 0.4) is 0 Å². The van der Waals surface area contributed by atoms with Crippen LogP contribution in [0.5, 0.6) is 0 Å². The van der Waals surface area contributed by atoms with Gasteiger partial charge in [0.15, 0.2) is 5.16 Å². The maximum absolute atomic E-state index is 12.0. The molecular formula is C8H11BF3N2S-. The van der Waals surface area contributed by atoms with Gasteiger partial charge in [-0.25, -0.2) is 9.97 Å². The van der Waals surface area contributed by atoms with E-state index in [1.807, 2.05) is 6.92 Å². The summed E-state index contributed by atoms with van der Waals surface area (Å²) < 4.78 is 36.0. The van der Waals surface area contributed by atoms with Gasteiger partial charge in [-0.2, -0.15) is 0 Å². The highest BCUT2D eigenvalue weighted by Crippen LogP contribution is 2.22. The standard InChI is InChI=1S/C8H11BF3N2S/c1-5-6(2)13-8(14-7(5)3)15-4-9(10,11)12/h4H2,1-3H3/q-1. The van der Waals surface area contributed by atoms with Crippen LogP contribution in [-0.2, 0) is 0 Å². The van der Waals surface area contributed by atoms with E-state index < -0.39 is 12.6 Å². The van der Waals surface area contributed by atoms with E-state index in [9.17, 15) is 12.9 Å². The third-order valence-electron chi connectivity index (χ3n) is 2.01. The molecule has 0 unspecified atom stereocenters. The molecule has 0 aliphatic rings. The summed E-state index contributed by atoms with van der Waals surface area (Å²) in [6, 6.07) is 0. The maximum atomic E-state index is 12.0. The molecule has 0 fully saturated rings. The van der Waals surface area contributed by atoms with E-state index in [2.05, 4.69) is 9.97 Å². The summed E-state index contributed by atoms with van der Waals surface area (Å²) in [5.74, 6) is 0. The third-order valence-corrected chi connectivity index (χ3v) is 3.00. The molecule has 0 bridgehead atoms. The molecule has 0 aliphatic heterocycles. The molecule has 0 saturated heterocycles. The topological polar surface area (TPSA) is 25.8 Å². The Hall–Kier alpha value is -0.715. The van der Waals surface area contributed by atoms with Crippen molar-refractivity contribution in [3.05, 3.63) is 17.0 Å². The summed E-state index contributed by atoms with van der Waals surface area (Å²) >= 11 is 0.645. The van der Waals surface area contributed by atoms with E-state index >= 15 is 0 Å². The molecule has 1 heterocycles. The van der Waals surface area contributed by atoms with Gasteiger partial charge in [0.2, 0.25) is 0 Å². The van der Waals surface area contributed by atoms with Crippen molar-refractivity contribution in [1.82, 2.24) is 9.97 Å². The first-order valence-corrected chi connectivity index (χ1v) is 5.44. The first-order chi connectivity index (χ1) is 6.79. The Morgan fingerprint density at radius 2 is 1.53 bits per heavy atom. The summed E-state index contributed by atoms with van der Waals surface area (Å²) in [5, 5.41) is 0.204. The zero-order valence-electron chi connectivity index (χ0n) is 8.72. The first-order valence-electron chi connectivity index (χ1n) is 4.45. The van der Waals surface area contributed by atoms with E-state index in [4.69, 9.17) is 0 Å². The van der Waals surface area contributed by atoms with Gasteiger partial charge in [0, 0.05) is 11.4 Å². The highest BCUT2D eigenvalue weighted by atomic mass is 32.2. The largest absolute Gasteiger partial charge is 0.488 e. The summed E-state index contributed by atoms with van der Waals surface area (Å²) in [4.78, 5) is 8.00. The molecule has 15 heavy (non-hydrogen) atoms. The molecule has 0 atom stereocenters. The molecule has 0 radical (unpaired) electrons. The fourth-order valence-electron chi connectivity index (χ4n) is 0.975. The molecule has 0 N–H and O–H groups in total. The minimum atomic E-state index is -4.78. The molecule has 1 aromatic rings. The second-order valence-electron chi connectivity index (χ2n) is 3.32. The molecule has 0 saturated carbocycles. The number of nitrogens with zero attached hydrogens (tertiary/aromatic N) is 2. The zero-order chi connectivity index (χ0) is 11.6. The Morgan fingerprint density at radius 3 is 1.93 bits per heavy atom. The van der Waals surface area contributed by atoms with Gasteiger partial charge in [-0.15, -0.1) is 11.8 Å². The van der Waals surface area contributed by atoms with E-state index in [1.165, 1.54) is 0 Å². The summed E-state index contributed by atoms with van der Waals surface area (Å²) in [6.45, 7) is 0.619. The smallest absolute Gasteiger partial charge is 0.448 e. The molecule has 0 aliphatic carbocycles. The number of hydrogen-bond donors (Lipinski definition) is 0. The Morgan fingerprint density at radius 1 is 1.07 bits per heavy atom. The van der Waals surface area contributed by atoms with Crippen molar-refractivity contribution in [2.45, 2.75) is 25.9 Å². The molecular weight excluding hydrogens is 224 g/mol. The number of thioether (sulfide) groups is 1. The Balaban J connectivity index is 2.80. The lowest BCUT2D eigenvalue weighted by molar-refractivity contribution is 0.485.